The number of carboxylic acids is 1. The molecule has 0 aliphatic heterocycles. The number of hydrogen-bond acceptors (Lipinski definition) is 2. The average molecular weight is 373 g/mol. The van der Waals surface area contributed by atoms with E-state index >= 15 is 0 Å². The third-order valence-electron chi connectivity index (χ3n) is 5.32. The Kier molecular flexibility index (Phi) is 5.54. The zero-order valence-electron chi connectivity index (χ0n) is 14.8. The van der Waals surface area contributed by atoms with Crippen LogP contribution >= 0.6 is 0 Å². The number of aliphatic carboxylic acids is 1. The highest BCUT2D eigenvalue weighted by molar-refractivity contribution is 5.89. The fourth-order valence-corrected chi connectivity index (χ4v) is 3.85. The van der Waals surface area contributed by atoms with Crippen molar-refractivity contribution in [2.45, 2.75) is 37.0 Å². The van der Waals surface area contributed by atoms with Gasteiger partial charge < -0.3 is 10.4 Å². The maximum absolute atomic E-state index is 14.4. The molecule has 0 bridgehead atoms. The van der Waals surface area contributed by atoms with Gasteiger partial charge in [-0.3, -0.25) is 9.59 Å². The van der Waals surface area contributed by atoms with Crippen LogP contribution in [-0.2, 0) is 15.0 Å². The fraction of sp³-hybridized carbons (Fsp3) is 0.333. The van der Waals surface area contributed by atoms with E-state index in [4.69, 9.17) is 0 Å². The second kappa shape index (κ2) is 7.86. The van der Waals surface area contributed by atoms with Crippen LogP contribution in [0.2, 0.25) is 0 Å². The molecule has 2 N–H and O–H groups in total. The van der Waals surface area contributed by atoms with Gasteiger partial charge in [-0.2, -0.15) is 0 Å². The highest BCUT2D eigenvalue weighted by Gasteiger charge is 2.44. The van der Waals surface area contributed by atoms with Crippen LogP contribution < -0.4 is 5.32 Å². The van der Waals surface area contributed by atoms with Crippen LogP contribution in [0.1, 0.15) is 42.7 Å². The van der Waals surface area contributed by atoms with Gasteiger partial charge in [0.25, 0.3) is 0 Å². The largest absolute Gasteiger partial charge is 0.481 e. The van der Waals surface area contributed by atoms with Crippen LogP contribution in [0.5, 0.6) is 0 Å². The molecule has 1 unspecified atom stereocenters. The van der Waals surface area contributed by atoms with E-state index in [-0.39, 0.29) is 12.5 Å². The summed E-state index contributed by atoms with van der Waals surface area (Å²) in [6.07, 6.45) is 2.66. The summed E-state index contributed by atoms with van der Waals surface area (Å²) in [6, 6.07) is 11.4. The highest BCUT2D eigenvalue weighted by atomic mass is 19.1. The molecule has 1 aliphatic carbocycles. The van der Waals surface area contributed by atoms with Crippen LogP contribution in [0.4, 0.5) is 8.78 Å². The lowest BCUT2D eigenvalue weighted by atomic mass is 9.77. The summed E-state index contributed by atoms with van der Waals surface area (Å²) < 4.78 is 27.5. The average Bonchev–Trinajstić information content (AvgIpc) is 3.14. The third-order valence-corrected chi connectivity index (χ3v) is 5.32. The molecule has 1 amide bonds. The van der Waals surface area contributed by atoms with Crippen molar-refractivity contribution in [3.05, 3.63) is 71.3 Å². The molecule has 3 rings (SSSR count). The molecule has 1 atom stereocenters. The summed E-state index contributed by atoms with van der Waals surface area (Å²) in [7, 11) is 0. The number of amides is 1. The van der Waals surface area contributed by atoms with Gasteiger partial charge in [-0.25, -0.2) is 8.78 Å². The molecule has 2 aromatic rings. The first-order chi connectivity index (χ1) is 12.9. The number of carboxylic acid groups (broad SMARTS) is 1. The van der Waals surface area contributed by atoms with E-state index in [9.17, 15) is 23.5 Å². The summed E-state index contributed by atoms with van der Waals surface area (Å²) in [5.74, 6) is -3.38. The Balaban J connectivity index is 1.81. The molecular formula is C21H21F2NO3. The summed E-state index contributed by atoms with van der Waals surface area (Å²) in [5, 5.41) is 12.2. The second-order valence-electron chi connectivity index (χ2n) is 6.92. The Labute approximate surface area is 156 Å². The topological polar surface area (TPSA) is 66.4 Å². The molecule has 142 valence electrons. The van der Waals surface area contributed by atoms with E-state index in [1.807, 2.05) is 0 Å². The van der Waals surface area contributed by atoms with Gasteiger partial charge in [-0.05, 0) is 36.6 Å². The fourth-order valence-electron chi connectivity index (χ4n) is 3.85. The van der Waals surface area contributed by atoms with Gasteiger partial charge in [0.1, 0.15) is 11.6 Å². The minimum absolute atomic E-state index is 0.143. The maximum Gasteiger partial charge on any atom is 0.312 e. The SMILES string of the molecule is O=C(O)C(CNC(=O)C1(c2ccccc2F)CCCC1)c1ccc(F)cc1. The van der Waals surface area contributed by atoms with Crippen LogP contribution in [0, 0.1) is 11.6 Å². The molecule has 27 heavy (non-hydrogen) atoms. The van der Waals surface area contributed by atoms with Gasteiger partial charge in [0.05, 0.1) is 11.3 Å². The first-order valence-electron chi connectivity index (χ1n) is 8.95. The smallest absolute Gasteiger partial charge is 0.312 e. The predicted molar refractivity (Wildman–Crippen MR) is 96.3 cm³/mol. The number of benzene rings is 2. The number of carbonyl (C=O) groups is 2. The zero-order chi connectivity index (χ0) is 19.4. The Bertz CT molecular complexity index is 830. The van der Waals surface area contributed by atoms with E-state index in [1.54, 1.807) is 18.2 Å². The number of carbonyl (C=O) groups excluding carboxylic acids is 1. The lowest BCUT2D eigenvalue weighted by molar-refractivity contribution is -0.138. The number of nitrogens with one attached hydrogen (secondary N) is 1. The molecule has 0 saturated heterocycles. The van der Waals surface area contributed by atoms with Crippen molar-refractivity contribution < 1.29 is 23.5 Å². The molecule has 2 aromatic carbocycles. The van der Waals surface area contributed by atoms with Crippen molar-refractivity contribution in [3.63, 3.8) is 0 Å². The van der Waals surface area contributed by atoms with Crippen LogP contribution in [0.3, 0.4) is 0 Å². The van der Waals surface area contributed by atoms with Gasteiger partial charge in [0, 0.05) is 12.1 Å². The molecule has 0 aromatic heterocycles. The summed E-state index contributed by atoms with van der Waals surface area (Å²) in [6.45, 7) is -0.143. The molecule has 0 heterocycles. The van der Waals surface area contributed by atoms with Crippen molar-refractivity contribution in [3.8, 4) is 0 Å². The quantitative estimate of drug-likeness (QED) is 0.810. The van der Waals surface area contributed by atoms with Crippen molar-refractivity contribution in [2.75, 3.05) is 6.54 Å². The Morgan fingerprint density at radius 3 is 2.26 bits per heavy atom. The van der Waals surface area contributed by atoms with Gasteiger partial charge >= 0.3 is 5.97 Å². The van der Waals surface area contributed by atoms with Crippen molar-refractivity contribution in [2.24, 2.45) is 0 Å². The van der Waals surface area contributed by atoms with E-state index in [1.165, 1.54) is 30.3 Å². The summed E-state index contributed by atoms with van der Waals surface area (Å²) in [4.78, 5) is 24.6. The van der Waals surface area contributed by atoms with E-state index in [0.29, 0.717) is 24.0 Å². The predicted octanol–water partition coefficient (Wildman–Crippen LogP) is 3.76. The molecule has 0 radical (unpaired) electrons. The maximum atomic E-state index is 14.4. The van der Waals surface area contributed by atoms with Crippen molar-refractivity contribution in [1.29, 1.82) is 0 Å². The zero-order valence-corrected chi connectivity index (χ0v) is 14.8. The first-order valence-corrected chi connectivity index (χ1v) is 8.95. The Morgan fingerprint density at radius 2 is 1.67 bits per heavy atom. The van der Waals surface area contributed by atoms with Crippen molar-refractivity contribution in [1.82, 2.24) is 5.32 Å². The Hall–Kier alpha value is -2.76. The van der Waals surface area contributed by atoms with Gasteiger partial charge in [-0.1, -0.05) is 43.2 Å². The summed E-state index contributed by atoms with van der Waals surface area (Å²) in [5.41, 5.74) is -0.221. The molecule has 1 fully saturated rings. The number of rotatable bonds is 6. The Morgan fingerprint density at radius 1 is 1.04 bits per heavy atom. The molecule has 6 heteroatoms. The molecule has 0 spiro atoms. The molecular weight excluding hydrogens is 352 g/mol. The molecule has 1 saturated carbocycles. The highest BCUT2D eigenvalue weighted by Crippen LogP contribution is 2.42. The standard InChI is InChI=1S/C21H21F2NO3/c22-15-9-7-14(8-10-15)16(19(25)26)13-24-20(27)21(11-3-4-12-21)17-5-1-2-6-18(17)23/h1-2,5-10,16H,3-4,11-13H2,(H,24,27)(H,25,26). The van der Waals surface area contributed by atoms with E-state index < -0.39 is 28.9 Å². The molecule has 1 aliphatic rings. The first kappa shape index (κ1) is 19.0. The van der Waals surface area contributed by atoms with E-state index in [0.717, 1.165) is 12.8 Å². The van der Waals surface area contributed by atoms with Crippen LogP contribution in [0.15, 0.2) is 48.5 Å². The normalized spacial score (nSPS) is 16.7. The van der Waals surface area contributed by atoms with Crippen LogP contribution in [0.25, 0.3) is 0 Å². The van der Waals surface area contributed by atoms with Gasteiger partial charge in [0.15, 0.2) is 0 Å². The lowest BCUT2D eigenvalue weighted by Crippen LogP contribution is -2.45. The second-order valence-corrected chi connectivity index (χ2v) is 6.92. The van der Waals surface area contributed by atoms with Crippen molar-refractivity contribution >= 4 is 11.9 Å². The lowest BCUT2D eigenvalue weighted by Gasteiger charge is -2.29. The third kappa shape index (κ3) is 3.84. The minimum atomic E-state index is -1.12. The van der Waals surface area contributed by atoms with Gasteiger partial charge in [0.2, 0.25) is 5.91 Å². The van der Waals surface area contributed by atoms with Gasteiger partial charge in [-0.15, -0.1) is 0 Å². The van der Waals surface area contributed by atoms with E-state index in [2.05, 4.69) is 5.32 Å². The summed E-state index contributed by atoms with van der Waals surface area (Å²) >= 11 is 0. The van der Waals surface area contributed by atoms with Crippen LogP contribution in [-0.4, -0.2) is 23.5 Å². The molecule has 4 nitrogen and oxygen atoms in total. The number of halogens is 2. The monoisotopic (exact) mass is 373 g/mol. The number of hydrogen-bond donors (Lipinski definition) is 2. The minimum Gasteiger partial charge on any atom is -0.481 e.